The van der Waals surface area contributed by atoms with Gasteiger partial charge in [0.15, 0.2) is 0 Å². The normalized spacial score (nSPS) is 11.2. The molecule has 0 aromatic carbocycles. The Morgan fingerprint density at radius 1 is 1.40 bits per heavy atom. The zero-order valence-electron chi connectivity index (χ0n) is 7.29. The van der Waals surface area contributed by atoms with Crippen molar-refractivity contribution >= 4 is 6.41 Å². The highest BCUT2D eigenvalue weighted by atomic mass is 16.2. The van der Waals surface area contributed by atoms with E-state index < -0.39 is 0 Å². The second-order valence-electron chi connectivity index (χ2n) is 3.21. The van der Waals surface area contributed by atoms with E-state index in [1.807, 2.05) is 21.1 Å². The van der Waals surface area contributed by atoms with Crippen LogP contribution in [0.2, 0.25) is 0 Å². The Bertz CT molecular complexity index is 107. The number of nitrogens with zero attached hydrogens (tertiary/aromatic N) is 2. The lowest BCUT2D eigenvalue weighted by Gasteiger charge is -2.32. The van der Waals surface area contributed by atoms with Crippen LogP contribution in [0, 0.1) is 0 Å². The maximum atomic E-state index is 10.5. The number of quaternary nitrogens is 1. The topological polar surface area (TPSA) is 20.3 Å². The largest absolute Gasteiger partial charge is 0.273 e. The van der Waals surface area contributed by atoms with Crippen molar-refractivity contribution in [2.45, 2.75) is 13.3 Å². The lowest BCUT2D eigenvalue weighted by molar-refractivity contribution is -0.972. The minimum atomic E-state index is 0.581. The Hall–Kier alpha value is -0.570. The van der Waals surface area contributed by atoms with Gasteiger partial charge in [-0.1, -0.05) is 6.92 Å². The van der Waals surface area contributed by atoms with Gasteiger partial charge in [0.25, 0.3) is 6.41 Å². The summed E-state index contributed by atoms with van der Waals surface area (Å²) in [7, 11) is 5.93. The maximum Gasteiger partial charge on any atom is 0.255 e. The summed E-state index contributed by atoms with van der Waals surface area (Å²) in [4.78, 5) is 10.5. The number of carbonyl (C=O) groups excluding carboxylic acids is 1. The van der Waals surface area contributed by atoms with Crippen molar-refractivity contribution in [2.75, 3.05) is 27.7 Å². The second-order valence-corrected chi connectivity index (χ2v) is 3.21. The molecule has 0 spiro atoms. The van der Waals surface area contributed by atoms with Crippen molar-refractivity contribution in [3.05, 3.63) is 0 Å². The zero-order chi connectivity index (χ0) is 8.20. The molecule has 0 aliphatic rings. The summed E-state index contributed by atoms with van der Waals surface area (Å²) in [6.07, 6.45) is 1.90. The summed E-state index contributed by atoms with van der Waals surface area (Å²) in [6, 6.07) is 0. The molecule has 0 rings (SSSR count). The summed E-state index contributed by atoms with van der Waals surface area (Å²) >= 11 is 0. The Balaban J connectivity index is 3.93. The maximum absolute atomic E-state index is 10.5. The molecule has 0 N–H and O–H groups in total. The molecular weight excluding hydrogens is 128 g/mol. The Kier molecular flexibility index (Phi) is 3.36. The molecule has 0 saturated carbocycles. The van der Waals surface area contributed by atoms with Crippen LogP contribution in [0.25, 0.3) is 0 Å². The summed E-state index contributed by atoms with van der Waals surface area (Å²) in [5, 5.41) is 1.75. The number of hydrogen-bond acceptors (Lipinski definition) is 1. The minimum absolute atomic E-state index is 0.581. The highest BCUT2D eigenvalue weighted by molar-refractivity contribution is 5.44. The van der Waals surface area contributed by atoms with E-state index in [-0.39, 0.29) is 0 Å². The van der Waals surface area contributed by atoms with E-state index in [9.17, 15) is 4.79 Å². The van der Waals surface area contributed by atoms with Gasteiger partial charge < -0.3 is 0 Å². The van der Waals surface area contributed by atoms with Crippen molar-refractivity contribution < 1.29 is 9.39 Å². The quantitative estimate of drug-likeness (QED) is 0.320. The van der Waals surface area contributed by atoms with E-state index in [4.69, 9.17) is 0 Å². The molecule has 0 saturated heterocycles. The van der Waals surface area contributed by atoms with Gasteiger partial charge in [0.1, 0.15) is 0 Å². The summed E-state index contributed by atoms with van der Waals surface area (Å²) in [5.41, 5.74) is 0. The standard InChI is InChI=1S/C7H17N2O/c1-5-6-8(7-10)9(2,3)4/h7H,5-6H2,1-4H3/q+1. The molecule has 0 aliphatic heterocycles. The molecule has 0 aliphatic carbocycles. The Morgan fingerprint density at radius 2 is 1.90 bits per heavy atom. The zero-order valence-corrected chi connectivity index (χ0v) is 7.29. The van der Waals surface area contributed by atoms with Crippen LogP contribution in [-0.4, -0.2) is 43.7 Å². The smallest absolute Gasteiger partial charge is 0.255 e. The van der Waals surface area contributed by atoms with Gasteiger partial charge in [-0.2, -0.15) is 5.01 Å². The molecule has 0 unspecified atom stereocenters. The van der Waals surface area contributed by atoms with Crippen LogP contribution < -0.4 is 0 Å². The first kappa shape index (κ1) is 9.43. The average molecular weight is 145 g/mol. The van der Waals surface area contributed by atoms with Crippen molar-refractivity contribution in [1.29, 1.82) is 0 Å². The highest BCUT2D eigenvalue weighted by Gasteiger charge is 2.16. The highest BCUT2D eigenvalue weighted by Crippen LogP contribution is 1.98. The lowest BCUT2D eigenvalue weighted by atomic mass is 10.5. The number of rotatable bonds is 4. The van der Waals surface area contributed by atoms with E-state index >= 15 is 0 Å². The molecule has 60 valence electrons. The molecule has 0 atom stereocenters. The van der Waals surface area contributed by atoms with Crippen LogP contribution in [0.5, 0.6) is 0 Å². The van der Waals surface area contributed by atoms with Crippen molar-refractivity contribution in [1.82, 2.24) is 5.01 Å². The molecule has 0 bridgehead atoms. The van der Waals surface area contributed by atoms with Gasteiger partial charge >= 0.3 is 0 Å². The molecule has 0 radical (unpaired) electrons. The van der Waals surface area contributed by atoms with Crippen LogP contribution in [-0.2, 0) is 4.79 Å². The molecular formula is C7H17N2O+. The SMILES string of the molecule is CCCN(C=O)[N+](C)(C)C. The van der Waals surface area contributed by atoms with Gasteiger partial charge in [-0.3, -0.25) is 4.79 Å². The number of amides is 1. The van der Waals surface area contributed by atoms with E-state index in [1.54, 1.807) is 5.01 Å². The van der Waals surface area contributed by atoms with Crippen LogP contribution >= 0.6 is 0 Å². The molecule has 3 heteroatoms. The van der Waals surface area contributed by atoms with E-state index in [1.165, 1.54) is 0 Å². The van der Waals surface area contributed by atoms with Gasteiger partial charge in [-0.05, 0) is 6.42 Å². The molecule has 0 aromatic heterocycles. The predicted molar refractivity (Wildman–Crippen MR) is 41.1 cm³/mol. The first-order chi connectivity index (χ1) is 4.52. The fourth-order valence-electron chi connectivity index (χ4n) is 0.723. The van der Waals surface area contributed by atoms with E-state index in [2.05, 4.69) is 6.92 Å². The van der Waals surface area contributed by atoms with Gasteiger partial charge in [0, 0.05) is 0 Å². The fraction of sp³-hybridized carbons (Fsp3) is 0.857. The van der Waals surface area contributed by atoms with Gasteiger partial charge in [-0.15, -0.1) is 0 Å². The molecule has 0 heterocycles. The van der Waals surface area contributed by atoms with Gasteiger partial charge in [-0.25, -0.2) is 4.59 Å². The first-order valence-corrected chi connectivity index (χ1v) is 3.56. The van der Waals surface area contributed by atoms with E-state index in [0.29, 0.717) is 4.59 Å². The monoisotopic (exact) mass is 145 g/mol. The summed E-state index contributed by atoms with van der Waals surface area (Å²) < 4.78 is 0.581. The molecule has 10 heavy (non-hydrogen) atoms. The summed E-state index contributed by atoms with van der Waals surface area (Å²) in [6.45, 7) is 2.89. The van der Waals surface area contributed by atoms with Gasteiger partial charge in [0.05, 0.1) is 27.7 Å². The third-order valence-corrected chi connectivity index (χ3v) is 1.35. The Morgan fingerprint density at radius 3 is 2.00 bits per heavy atom. The summed E-state index contributed by atoms with van der Waals surface area (Å²) in [5.74, 6) is 0. The van der Waals surface area contributed by atoms with Crippen LogP contribution in [0.15, 0.2) is 0 Å². The van der Waals surface area contributed by atoms with Crippen molar-refractivity contribution in [3.63, 3.8) is 0 Å². The fourth-order valence-corrected chi connectivity index (χ4v) is 0.723. The van der Waals surface area contributed by atoms with Crippen molar-refractivity contribution in [2.24, 2.45) is 0 Å². The lowest BCUT2D eigenvalue weighted by Crippen LogP contribution is -2.51. The molecule has 1 amide bonds. The molecule has 3 nitrogen and oxygen atoms in total. The first-order valence-electron chi connectivity index (χ1n) is 3.56. The predicted octanol–water partition coefficient (Wildman–Crippen LogP) is 0.476. The van der Waals surface area contributed by atoms with Crippen molar-refractivity contribution in [3.8, 4) is 0 Å². The second kappa shape index (κ2) is 3.56. The average Bonchev–Trinajstić information content (AvgIpc) is 1.80. The molecule has 0 fully saturated rings. The van der Waals surface area contributed by atoms with E-state index in [0.717, 1.165) is 19.4 Å². The third-order valence-electron chi connectivity index (χ3n) is 1.35. The number of hydrogen-bond donors (Lipinski definition) is 0. The van der Waals surface area contributed by atoms with Gasteiger partial charge in [0.2, 0.25) is 0 Å². The molecule has 0 aromatic rings. The van der Waals surface area contributed by atoms with Crippen LogP contribution in [0.3, 0.4) is 0 Å². The van der Waals surface area contributed by atoms with Crippen LogP contribution in [0.4, 0.5) is 0 Å². The minimum Gasteiger partial charge on any atom is -0.273 e. The Labute approximate surface area is 62.8 Å². The number of carbonyl (C=O) groups is 1. The third kappa shape index (κ3) is 2.82. The van der Waals surface area contributed by atoms with Crippen LogP contribution in [0.1, 0.15) is 13.3 Å².